The maximum atomic E-state index is 13.3. The maximum absolute atomic E-state index is 13.3. The van der Waals surface area contributed by atoms with Crippen molar-refractivity contribution in [2.45, 2.75) is 25.9 Å². The lowest BCUT2D eigenvalue weighted by Gasteiger charge is -2.18. The fraction of sp³-hybridized carbons (Fsp3) is 0.375. The molecule has 8 heteroatoms. The van der Waals surface area contributed by atoms with Gasteiger partial charge in [-0.2, -0.15) is 13.2 Å². The average molecular weight is 345 g/mol. The number of methoxy groups -OCH3 is 2. The molecule has 24 heavy (non-hydrogen) atoms. The highest BCUT2D eigenvalue weighted by Gasteiger charge is 2.34. The highest BCUT2D eigenvalue weighted by Crippen LogP contribution is 2.37. The van der Waals surface area contributed by atoms with E-state index in [2.05, 4.69) is 14.8 Å². The molecule has 0 aliphatic heterocycles. The zero-order chi connectivity index (χ0) is 18.5. The monoisotopic (exact) mass is 345 g/mol. The second-order valence-electron chi connectivity index (χ2n) is 5.16. The smallest absolute Gasteiger partial charge is 0.418 e. The zero-order valence-corrected chi connectivity index (χ0v) is 13.7. The van der Waals surface area contributed by atoms with Gasteiger partial charge in [-0.1, -0.05) is 19.9 Å². The summed E-state index contributed by atoms with van der Waals surface area (Å²) in [5.74, 6) is -2.01. The summed E-state index contributed by atoms with van der Waals surface area (Å²) < 4.78 is 48.7. The van der Waals surface area contributed by atoms with Crippen molar-refractivity contribution in [3.8, 4) is 0 Å². The highest BCUT2D eigenvalue weighted by molar-refractivity contribution is 5.98. The highest BCUT2D eigenvalue weighted by atomic mass is 19.4. The summed E-state index contributed by atoms with van der Waals surface area (Å²) in [6, 6.07) is 3.71. The SMILES string of the molecule is COC(=O)/C=C(/Nc1ccc(C(C)C)cc1C(F)(F)F)C(=O)OC. The Morgan fingerprint density at radius 2 is 1.79 bits per heavy atom. The molecule has 132 valence electrons. The van der Waals surface area contributed by atoms with Crippen molar-refractivity contribution in [3.63, 3.8) is 0 Å². The maximum Gasteiger partial charge on any atom is 0.418 e. The number of halogens is 3. The van der Waals surface area contributed by atoms with Crippen molar-refractivity contribution in [1.82, 2.24) is 0 Å². The minimum absolute atomic E-state index is 0.106. The molecule has 0 heterocycles. The molecule has 1 N–H and O–H groups in total. The van der Waals surface area contributed by atoms with Gasteiger partial charge in [0.05, 0.1) is 31.5 Å². The first kappa shape index (κ1) is 19.5. The number of hydrogen-bond acceptors (Lipinski definition) is 5. The predicted molar refractivity (Wildman–Crippen MR) is 81.3 cm³/mol. The van der Waals surface area contributed by atoms with E-state index in [4.69, 9.17) is 0 Å². The Labute approximate surface area is 137 Å². The van der Waals surface area contributed by atoms with Crippen LogP contribution in [0.3, 0.4) is 0 Å². The van der Waals surface area contributed by atoms with Crippen molar-refractivity contribution in [2.24, 2.45) is 0 Å². The van der Waals surface area contributed by atoms with Gasteiger partial charge in [-0.15, -0.1) is 0 Å². The van der Waals surface area contributed by atoms with E-state index in [9.17, 15) is 22.8 Å². The van der Waals surface area contributed by atoms with E-state index in [1.54, 1.807) is 13.8 Å². The molecule has 1 aromatic carbocycles. The third-order valence-corrected chi connectivity index (χ3v) is 3.15. The van der Waals surface area contributed by atoms with Crippen LogP contribution in [0.2, 0.25) is 0 Å². The summed E-state index contributed by atoms with van der Waals surface area (Å²) >= 11 is 0. The van der Waals surface area contributed by atoms with Crippen molar-refractivity contribution >= 4 is 17.6 Å². The van der Waals surface area contributed by atoms with Crippen LogP contribution in [0, 0.1) is 0 Å². The third-order valence-electron chi connectivity index (χ3n) is 3.15. The van der Waals surface area contributed by atoms with Gasteiger partial charge in [0.1, 0.15) is 5.70 Å². The first-order chi connectivity index (χ1) is 11.1. The molecule has 0 aliphatic rings. The van der Waals surface area contributed by atoms with Gasteiger partial charge in [-0.25, -0.2) is 9.59 Å². The molecule has 0 amide bonds. The Kier molecular flexibility index (Phi) is 6.39. The summed E-state index contributed by atoms with van der Waals surface area (Å²) in [6.45, 7) is 3.53. The van der Waals surface area contributed by atoms with E-state index in [-0.39, 0.29) is 11.6 Å². The van der Waals surface area contributed by atoms with Crippen LogP contribution in [0.4, 0.5) is 18.9 Å². The minimum atomic E-state index is -4.64. The summed E-state index contributed by atoms with van der Waals surface area (Å²) in [5.41, 5.74) is -1.29. The molecule has 0 aromatic heterocycles. The minimum Gasteiger partial charge on any atom is -0.466 e. The van der Waals surface area contributed by atoms with Crippen LogP contribution >= 0.6 is 0 Å². The van der Waals surface area contributed by atoms with Gasteiger partial charge in [-0.05, 0) is 23.6 Å². The van der Waals surface area contributed by atoms with Gasteiger partial charge >= 0.3 is 18.1 Å². The van der Waals surface area contributed by atoms with Gasteiger partial charge < -0.3 is 14.8 Å². The molecule has 0 radical (unpaired) electrons. The van der Waals surface area contributed by atoms with Crippen LogP contribution in [0.25, 0.3) is 0 Å². The summed E-state index contributed by atoms with van der Waals surface area (Å²) in [6.07, 6.45) is -3.91. The Hall–Kier alpha value is -2.51. The standard InChI is InChI=1S/C16H18F3NO4/c1-9(2)10-5-6-12(11(7-10)16(17,18)19)20-13(15(22)24-4)8-14(21)23-3/h5-9,20H,1-4H3/b13-8+. The van der Waals surface area contributed by atoms with Crippen LogP contribution in [-0.4, -0.2) is 26.2 Å². The molecule has 0 saturated carbocycles. The van der Waals surface area contributed by atoms with Crippen LogP contribution in [0.15, 0.2) is 30.0 Å². The average Bonchev–Trinajstić information content (AvgIpc) is 2.52. The number of nitrogens with one attached hydrogen (secondary N) is 1. The molecule has 0 bridgehead atoms. The lowest BCUT2D eigenvalue weighted by atomic mass is 9.99. The van der Waals surface area contributed by atoms with Crippen LogP contribution in [0.1, 0.15) is 30.9 Å². The number of hydrogen-bond donors (Lipinski definition) is 1. The van der Waals surface area contributed by atoms with E-state index in [1.807, 2.05) is 0 Å². The van der Waals surface area contributed by atoms with Crippen molar-refractivity contribution in [1.29, 1.82) is 0 Å². The number of rotatable bonds is 5. The topological polar surface area (TPSA) is 64.6 Å². The van der Waals surface area contributed by atoms with E-state index < -0.39 is 29.4 Å². The molecule has 0 spiro atoms. The second kappa shape index (κ2) is 7.85. The Morgan fingerprint density at radius 3 is 2.25 bits per heavy atom. The predicted octanol–water partition coefficient (Wildman–Crippen LogP) is 3.47. The van der Waals surface area contributed by atoms with Crippen LogP contribution < -0.4 is 5.32 Å². The summed E-state index contributed by atoms with van der Waals surface area (Å²) in [5, 5.41) is 2.30. The number of esters is 2. The largest absolute Gasteiger partial charge is 0.466 e. The number of anilines is 1. The fourth-order valence-electron chi connectivity index (χ4n) is 1.84. The molecule has 0 unspecified atom stereocenters. The van der Waals surface area contributed by atoms with Gasteiger partial charge in [0.25, 0.3) is 0 Å². The van der Waals surface area contributed by atoms with Crippen LogP contribution in [0.5, 0.6) is 0 Å². The lowest BCUT2D eigenvalue weighted by molar-refractivity contribution is -0.138. The first-order valence-electron chi connectivity index (χ1n) is 6.96. The molecule has 0 atom stereocenters. The van der Waals surface area contributed by atoms with E-state index in [0.717, 1.165) is 26.4 Å². The van der Waals surface area contributed by atoms with Gasteiger partial charge in [-0.3, -0.25) is 0 Å². The van der Waals surface area contributed by atoms with Crippen molar-refractivity contribution < 1.29 is 32.2 Å². The van der Waals surface area contributed by atoms with E-state index in [1.165, 1.54) is 12.1 Å². The lowest BCUT2D eigenvalue weighted by Crippen LogP contribution is -2.18. The molecule has 0 fully saturated rings. The normalized spacial score (nSPS) is 12.1. The molecule has 1 rings (SSSR count). The number of ether oxygens (including phenoxy) is 2. The van der Waals surface area contributed by atoms with Gasteiger partial charge in [0.2, 0.25) is 0 Å². The molecular weight excluding hydrogens is 327 g/mol. The van der Waals surface area contributed by atoms with Gasteiger partial charge in [0.15, 0.2) is 0 Å². The Balaban J connectivity index is 3.35. The molecule has 0 aliphatic carbocycles. The second-order valence-corrected chi connectivity index (χ2v) is 5.16. The van der Waals surface area contributed by atoms with Gasteiger partial charge in [0, 0.05) is 0 Å². The van der Waals surface area contributed by atoms with E-state index in [0.29, 0.717) is 5.56 Å². The number of carbonyl (C=O) groups excluding carboxylic acids is 2. The third kappa shape index (κ3) is 5.00. The quantitative estimate of drug-likeness (QED) is 0.654. The molecule has 0 saturated heterocycles. The Morgan fingerprint density at radius 1 is 1.17 bits per heavy atom. The van der Waals surface area contributed by atoms with E-state index >= 15 is 0 Å². The fourth-order valence-corrected chi connectivity index (χ4v) is 1.84. The zero-order valence-electron chi connectivity index (χ0n) is 13.7. The summed E-state index contributed by atoms with van der Waals surface area (Å²) in [7, 11) is 2.12. The van der Waals surface area contributed by atoms with Crippen molar-refractivity contribution in [2.75, 3.05) is 19.5 Å². The number of alkyl halides is 3. The van der Waals surface area contributed by atoms with Crippen LogP contribution in [-0.2, 0) is 25.2 Å². The Bertz CT molecular complexity index is 651. The molecule has 1 aromatic rings. The van der Waals surface area contributed by atoms with Crippen molar-refractivity contribution in [3.05, 3.63) is 41.1 Å². The number of benzene rings is 1. The number of carbonyl (C=O) groups is 2. The first-order valence-corrected chi connectivity index (χ1v) is 6.96. The summed E-state index contributed by atoms with van der Waals surface area (Å²) in [4.78, 5) is 23.0. The molecular formula is C16H18F3NO4. The molecule has 5 nitrogen and oxygen atoms in total.